The van der Waals surface area contributed by atoms with Gasteiger partial charge in [-0.1, -0.05) is 91.0 Å². The molecule has 0 saturated heterocycles. The lowest BCUT2D eigenvalue weighted by Crippen LogP contribution is -2.55. The van der Waals surface area contributed by atoms with Gasteiger partial charge in [0.05, 0.1) is 0 Å². The van der Waals surface area contributed by atoms with E-state index in [0.717, 1.165) is 56.3 Å². The Hall–Kier alpha value is -5.09. The van der Waals surface area contributed by atoms with Gasteiger partial charge in [-0.3, -0.25) is 0 Å². The van der Waals surface area contributed by atoms with Gasteiger partial charge in [0.2, 0.25) is 0 Å². The Labute approximate surface area is 273 Å². The Kier molecular flexibility index (Phi) is 5.25. The highest BCUT2D eigenvalue weighted by Crippen LogP contribution is 2.69. The van der Waals surface area contributed by atoms with Gasteiger partial charge < -0.3 is 4.42 Å². The standard InChI is InChI=1S/C43H33N3O/c1-2-9-27(10-3-1)40-44-41(28-17-18-38-34(24-28)31-11-5-7-16-37(31)47-38)46-42(45-40)33-13-8-15-36-39(33)32-12-4-6-14-35(32)43(36)29-20-25-19-26(22-29)23-30(43)21-25/h1-18,24-26,29-30H,19-23H2. The van der Waals surface area contributed by atoms with E-state index in [1.165, 1.54) is 48.8 Å². The molecule has 12 rings (SSSR count). The van der Waals surface area contributed by atoms with E-state index in [1.54, 1.807) is 5.56 Å². The zero-order valence-electron chi connectivity index (χ0n) is 26.1. The number of nitrogens with zero attached hydrogens (tertiary/aromatic N) is 3. The predicted octanol–water partition coefficient (Wildman–Crippen LogP) is 10.5. The van der Waals surface area contributed by atoms with Crippen LogP contribution >= 0.6 is 0 Å². The van der Waals surface area contributed by atoms with Crippen LogP contribution in [0.3, 0.4) is 0 Å². The van der Waals surface area contributed by atoms with Crippen LogP contribution in [0.1, 0.15) is 43.2 Å². The van der Waals surface area contributed by atoms with Crippen LogP contribution in [0.25, 0.3) is 67.2 Å². The number of furan rings is 1. The lowest BCUT2D eigenvalue weighted by atomic mass is 9.43. The molecule has 0 radical (unpaired) electrons. The van der Waals surface area contributed by atoms with E-state index < -0.39 is 0 Å². The van der Waals surface area contributed by atoms with E-state index >= 15 is 0 Å². The molecule has 0 aliphatic heterocycles. The van der Waals surface area contributed by atoms with Crippen LogP contribution in [0.5, 0.6) is 0 Å². The first-order valence-electron chi connectivity index (χ1n) is 17.2. The molecule has 2 aromatic heterocycles. The smallest absolute Gasteiger partial charge is 0.164 e. The van der Waals surface area contributed by atoms with Crippen molar-refractivity contribution in [2.24, 2.45) is 23.7 Å². The SMILES string of the molecule is c1ccc(-c2nc(-c3ccc4oc5ccccc5c4c3)nc(-c3cccc4c3-c3ccccc3C43C4CC5CC(C4)CC3C5)n2)cc1. The van der Waals surface area contributed by atoms with E-state index in [2.05, 4.69) is 91.0 Å². The van der Waals surface area contributed by atoms with Crippen molar-refractivity contribution >= 4 is 21.9 Å². The van der Waals surface area contributed by atoms with Gasteiger partial charge in [0, 0.05) is 32.9 Å². The molecule has 4 saturated carbocycles. The molecule has 5 aliphatic carbocycles. The van der Waals surface area contributed by atoms with Crippen molar-refractivity contribution in [2.45, 2.75) is 37.5 Å². The van der Waals surface area contributed by atoms with Gasteiger partial charge in [-0.05, 0) is 102 Å². The minimum Gasteiger partial charge on any atom is -0.456 e. The normalized spacial score (nSPS) is 25.1. The third kappa shape index (κ3) is 3.56. The molecule has 0 unspecified atom stereocenters. The highest BCUT2D eigenvalue weighted by Gasteiger charge is 2.61. The molecule has 5 aliphatic rings. The van der Waals surface area contributed by atoms with Crippen molar-refractivity contribution in [1.29, 1.82) is 0 Å². The Balaban J connectivity index is 1.15. The summed E-state index contributed by atoms with van der Waals surface area (Å²) in [6.45, 7) is 0. The van der Waals surface area contributed by atoms with Crippen molar-refractivity contribution in [2.75, 3.05) is 0 Å². The second kappa shape index (κ2) is 9.48. The molecule has 7 aromatic rings. The second-order valence-corrected chi connectivity index (χ2v) is 14.4. The molecule has 5 aromatic carbocycles. The Morgan fingerprint density at radius 2 is 1.13 bits per heavy atom. The van der Waals surface area contributed by atoms with Crippen LogP contribution in [-0.2, 0) is 5.41 Å². The molecule has 4 fully saturated rings. The van der Waals surface area contributed by atoms with Crippen LogP contribution in [-0.4, -0.2) is 15.0 Å². The summed E-state index contributed by atoms with van der Waals surface area (Å²) in [5, 5.41) is 2.17. The first-order valence-corrected chi connectivity index (χ1v) is 17.2. The van der Waals surface area contributed by atoms with Gasteiger partial charge in [-0.15, -0.1) is 0 Å². The average Bonchev–Trinajstić information content (AvgIpc) is 3.64. The topological polar surface area (TPSA) is 51.8 Å². The molecule has 2 heterocycles. The van der Waals surface area contributed by atoms with Crippen LogP contribution in [0.4, 0.5) is 0 Å². The molecule has 4 nitrogen and oxygen atoms in total. The first-order chi connectivity index (χ1) is 23.2. The van der Waals surface area contributed by atoms with Crippen molar-refractivity contribution in [3.05, 3.63) is 126 Å². The Morgan fingerprint density at radius 1 is 0.489 bits per heavy atom. The van der Waals surface area contributed by atoms with Crippen LogP contribution in [0, 0.1) is 23.7 Å². The number of aromatic nitrogens is 3. The fourth-order valence-electron chi connectivity index (χ4n) is 10.6. The quantitative estimate of drug-likeness (QED) is 0.201. The fourth-order valence-corrected chi connectivity index (χ4v) is 10.6. The van der Waals surface area contributed by atoms with Gasteiger partial charge in [0.25, 0.3) is 0 Å². The van der Waals surface area contributed by atoms with Gasteiger partial charge in [-0.2, -0.15) is 0 Å². The van der Waals surface area contributed by atoms with Crippen LogP contribution in [0.2, 0.25) is 0 Å². The van der Waals surface area contributed by atoms with E-state index in [1.807, 2.05) is 24.3 Å². The molecule has 0 amide bonds. The summed E-state index contributed by atoms with van der Waals surface area (Å²) >= 11 is 0. The van der Waals surface area contributed by atoms with E-state index in [4.69, 9.17) is 19.4 Å². The van der Waals surface area contributed by atoms with Gasteiger partial charge in [-0.25, -0.2) is 15.0 Å². The molecule has 226 valence electrons. The average molecular weight is 608 g/mol. The van der Waals surface area contributed by atoms with Crippen molar-refractivity contribution in [3.63, 3.8) is 0 Å². The van der Waals surface area contributed by atoms with Crippen molar-refractivity contribution in [3.8, 4) is 45.3 Å². The van der Waals surface area contributed by atoms with Crippen molar-refractivity contribution in [1.82, 2.24) is 15.0 Å². The molecular formula is C43H33N3O. The van der Waals surface area contributed by atoms with E-state index in [0.29, 0.717) is 23.5 Å². The number of benzene rings is 5. The summed E-state index contributed by atoms with van der Waals surface area (Å²) in [4.78, 5) is 15.6. The maximum absolute atomic E-state index is 6.16. The lowest BCUT2D eigenvalue weighted by molar-refractivity contribution is -0.0399. The third-order valence-electron chi connectivity index (χ3n) is 12.1. The minimum absolute atomic E-state index is 0.0981. The molecular weight excluding hydrogens is 574 g/mol. The third-order valence-corrected chi connectivity index (χ3v) is 12.1. The number of rotatable bonds is 3. The van der Waals surface area contributed by atoms with E-state index in [-0.39, 0.29) is 5.41 Å². The molecule has 0 atom stereocenters. The second-order valence-electron chi connectivity index (χ2n) is 14.4. The zero-order valence-corrected chi connectivity index (χ0v) is 26.1. The van der Waals surface area contributed by atoms with Crippen molar-refractivity contribution < 1.29 is 4.42 Å². The molecule has 0 N–H and O–H groups in total. The Bertz CT molecular complexity index is 2360. The summed E-state index contributed by atoms with van der Waals surface area (Å²) in [5.41, 5.74) is 10.7. The molecule has 4 bridgehead atoms. The molecule has 4 heteroatoms. The maximum atomic E-state index is 6.16. The largest absolute Gasteiger partial charge is 0.456 e. The lowest BCUT2D eigenvalue weighted by Gasteiger charge is -2.61. The molecule has 47 heavy (non-hydrogen) atoms. The summed E-state index contributed by atoms with van der Waals surface area (Å²) in [7, 11) is 0. The summed E-state index contributed by atoms with van der Waals surface area (Å²) in [6.07, 6.45) is 6.91. The number of fused-ring (bicyclic) bond motifs is 6. The minimum atomic E-state index is 0.0981. The number of hydrogen-bond donors (Lipinski definition) is 0. The molecule has 1 spiro atoms. The van der Waals surface area contributed by atoms with Gasteiger partial charge >= 0.3 is 0 Å². The maximum Gasteiger partial charge on any atom is 0.164 e. The highest BCUT2D eigenvalue weighted by atomic mass is 16.3. The fraction of sp³-hybridized carbons (Fsp3) is 0.233. The summed E-state index contributed by atoms with van der Waals surface area (Å²) in [5.74, 6) is 5.34. The zero-order chi connectivity index (χ0) is 30.7. The predicted molar refractivity (Wildman–Crippen MR) is 187 cm³/mol. The number of para-hydroxylation sites is 1. The number of hydrogen-bond acceptors (Lipinski definition) is 4. The first kappa shape index (κ1) is 26.0. The Morgan fingerprint density at radius 3 is 1.96 bits per heavy atom. The monoisotopic (exact) mass is 607 g/mol. The van der Waals surface area contributed by atoms with Crippen LogP contribution in [0.15, 0.2) is 120 Å². The summed E-state index contributed by atoms with van der Waals surface area (Å²) in [6, 6.07) is 41.0. The van der Waals surface area contributed by atoms with Gasteiger partial charge in [0.15, 0.2) is 17.5 Å². The van der Waals surface area contributed by atoms with E-state index in [9.17, 15) is 0 Å². The summed E-state index contributed by atoms with van der Waals surface area (Å²) < 4.78 is 6.16. The van der Waals surface area contributed by atoms with Gasteiger partial charge in [0.1, 0.15) is 11.2 Å². The van der Waals surface area contributed by atoms with Crippen LogP contribution < -0.4 is 0 Å². The highest BCUT2D eigenvalue weighted by molar-refractivity contribution is 6.06.